The van der Waals surface area contributed by atoms with Gasteiger partial charge in [-0.3, -0.25) is 9.97 Å². The molecular weight excluding hydrogens is 398 g/mol. The van der Waals surface area contributed by atoms with E-state index in [0.29, 0.717) is 0 Å². The third-order valence-corrected chi connectivity index (χ3v) is 2.74. The molecule has 0 unspecified atom stereocenters. The summed E-state index contributed by atoms with van der Waals surface area (Å²) < 4.78 is 82.3. The zero-order chi connectivity index (χ0) is 22.1. The highest BCUT2D eigenvalue weighted by Gasteiger charge is 2.21. The molecule has 164 valence electrons. The Labute approximate surface area is 159 Å². The molecule has 0 radical (unpaired) electrons. The Hall–Kier alpha value is -2.01. The maximum atomic E-state index is 9.75. The molecule has 0 aliphatic rings. The molecule has 2 aromatic heterocycles. The number of unbranched alkanes of at least 4 members (excludes halogenated alkanes) is 2. The van der Waals surface area contributed by atoms with Crippen LogP contribution < -0.4 is 9.13 Å². The standard InChI is InChI=1S/2C7H12N2.2BF4/c2*1-2-3-5-9-6-4-8-7-9;2*2-1(3,4)5/h2*4,6-7H,2-3,5H2,1H3;;/q;;2*-1/p+2. The second-order valence-electron chi connectivity index (χ2n) is 5.40. The lowest BCUT2D eigenvalue weighted by Crippen LogP contribution is -2.29. The Morgan fingerprint density at radius 2 is 0.929 bits per heavy atom. The third kappa shape index (κ3) is 31.7. The predicted octanol–water partition coefficient (Wildman–Crippen LogP) is 4.80. The van der Waals surface area contributed by atoms with Crippen molar-refractivity contribution in [3.63, 3.8) is 0 Å². The van der Waals surface area contributed by atoms with Crippen molar-refractivity contribution in [3.05, 3.63) is 37.4 Å². The molecule has 0 saturated carbocycles. The molecule has 14 heteroatoms. The molecule has 2 heterocycles. The fraction of sp³-hybridized carbons (Fsp3) is 0.571. The van der Waals surface area contributed by atoms with Crippen LogP contribution in [0.3, 0.4) is 0 Å². The lowest BCUT2D eigenvalue weighted by atomic mass is 10.3. The number of imidazole rings is 2. The van der Waals surface area contributed by atoms with Gasteiger partial charge in [0.2, 0.25) is 12.7 Å². The first-order chi connectivity index (χ1) is 12.9. The minimum absolute atomic E-state index is 1.14. The van der Waals surface area contributed by atoms with Crippen molar-refractivity contribution < 1.29 is 43.7 Å². The molecule has 0 aliphatic heterocycles. The van der Waals surface area contributed by atoms with Crippen LogP contribution in [-0.2, 0) is 13.1 Å². The van der Waals surface area contributed by atoms with E-state index in [2.05, 4.69) is 45.3 Å². The van der Waals surface area contributed by atoms with Crippen LogP contribution in [-0.4, -0.2) is 24.5 Å². The normalized spacial score (nSPS) is 10.6. The average molecular weight is 424 g/mol. The van der Waals surface area contributed by atoms with Crippen LogP contribution in [0.15, 0.2) is 37.4 Å². The van der Waals surface area contributed by atoms with E-state index in [1.165, 1.54) is 25.7 Å². The maximum absolute atomic E-state index is 9.75. The first kappa shape index (κ1) is 28.2. The number of rotatable bonds is 6. The molecule has 2 rings (SSSR count). The van der Waals surface area contributed by atoms with Crippen LogP contribution in [0.1, 0.15) is 39.5 Å². The van der Waals surface area contributed by atoms with Crippen LogP contribution in [0.25, 0.3) is 0 Å². The molecule has 0 bridgehead atoms. The van der Waals surface area contributed by atoms with E-state index < -0.39 is 14.5 Å². The zero-order valence-electron chi connectivity index (χ0n) is 15.8. The Morgan fingerprint density at radius 3 is 1.11 bits per heavy atom. The molecule has 0 amide bonds. The van der Waals surface area contributed by atoms with Gasteiger partial charge in [-0.15, -0.1) is 0 Å². The average Bonchev–Trinajstić information content (AvgIpc) is 3.22. The number of hydrogen-bond acceptors (Lipinski definition) is 0. The van der Waals surface area contributed by atoms with Crippen molar-refractivity contribution in [1.29, 1.82) is 0 Å². The van der Waals surface area contributed by atoms with Gasteiger partial charge in [0.05, 0.1) is 13.1 Å². The molecule has 2 N–H and O–H groups in total. The molecule has 0 atom stereocenters. The van der Waals surface area contributed by atoms with Gasteiger partial charge in [0, 0.05) is 0 Å². The molecule has 0 aliphatic carbocycles. The van der Waals surface area contributed by atoms with Gasteiger partial charge in [0.15, 0.2) is 0 Å². The molecule has 2 aromatic rings. The second kappa shape index (κ2) is 16.0. The number of H-pyrrole nitrogens is 2. The highest BCUT2D eigenvalue weighted by molar-refractivity contribution is 6.50. The number of nitrogens with one attached hydrogen (secondary N) is 2. The summed E-state index contributed by atoms with van der Waals surface area (Å²) in [7, 11) is -12.0. The summed E-state index contributed by atoms with van der Waals surface area (Å²) in [4.78, 5) is 6.00. The van der Waals surface area contributed by atoms with Crippen LogP contribution in [0, 0.1) is 0 Å². The van der Waals surface area contributed by atoms with E-state index in [0.717, 1.165) is 13.1 Å². The summed E-state index contributed by atoms with van der Waals surface area (Å²) in [5.41, 5.74) is 0. The smallest absolute Gasteiger partial charge is 0.418 e. The monoisotopic (exact) mass is 424 g/mol. The van der Waals surface area contributed by atoms with Gasteiger partial charge in [-0.05, 0) is 12.8 Å². The fourth-order valence-electron chi connectivity index (χ4n) is 1.60. The van der Waals surface area contributed by atoms with E-state index in [1.807, 2.05) is 25.0 Å². The number of aromatic nitrogens is 4. The van der Waals surface area contributed by atoms with Crippen molar-refractivity contribution in [2.24, 2.45) is 0 Å². The Kier molecular flexibility index (Phi) is 16.1. The van der Waals surface area contributed by atoms with Gasteiger partial charge in [-0.2, -0.15) is 0 Å². The summed E-state index contributed by atoms with van der Waals surface area (Å²) in [6.07, 6.45) is 17.0. The summed E-state index contributed by atoms with van der Waals surface area (Å²) in [5.74, 6) is 0. The van der Waals surface area contributed by atoms with Crippen molar-refractivity contribution in [2.45, 2.75) is 52.6 Å². The number of nitrogens with zero attached hydrogens (tertiary/aromatic N) is 2. The summed E-state index contributed by atoms with van der Waals surface area (Å²) in [5, 5.41) is 0. The number of hydrogen-bond donors (Lipinski definition) is 2. The van der Waals surface area contributed by atoms with Crippen LogP contribution in [0.2, 0.25) is 0 Å². The highest BCUT2D eigenvalue weighted by Crippen LogP contribution is 2.07. The van der Waals surface area contributed by atoms with Gasteiger partial charge < -0.3 is 34.5 Å². The van der Waals surface area contributed by atoms with Gasteiger partial charge in [0.25, 0.3) is 0 Å². The minimum atomic E-state index is -6.00. The Bertz CT molecular complexity index is 482. The Balaban J connectivity index is 0. The summed E-state index contributed by atoms with van der Waals surface area (Å²) >= 11 is 0. The molecular formula is C14H26B2F8N4. The first-order valence-corrected chi connectivity index (χ1v) is 8.65. The molecule has 4 nitrogen and oxygen atoms in total. The SMILES string of the molecule is CCCC[n+]1cc[nH]c1.CCCC[n+]1cc[nH]c1.F[B-](F)(F)F.F[B-](F)(F)F. The number of halogens is 8. The lowest BCUT2D eigenvalue weighted by molar-refractivity contribution is -0.696. The summed E-state index contributed by atoms with van der Waals surface area (Å²) in [6.45, 7) is 6.68. The molecule has 0 aromatic carbocycles. The minimum Gasteiger partial charge on any atom is -0.418 e. The number of aryl methyl sites for hydroxylation is 2. The third-order valence-electron chi connectivity index (χ3n) is 2.74. The molecule has 0 saturated heterocycles. The fourth-order valence-corrected chi connectivity index (χ4v) is 1.60. The van der Waals surface area contributed by atoms with Gasteiger partial charge in [-0.1, -0.05) is 26.7 Å². The van der Waals surface area contributed by atoms with Gasteiger partial charge >= 0.3 is 14.5 Å². The van der Waals surface area contributed by atoms with E-state index in [9.17, 15) is 34.5 Å². The number of aromatic amines is 2. The largest absolute Gasteiger partial charge is 0.673 e. The van der Waals surface area contributed by atoms with Crippen molar-refractivity contribution in [3.8, 4) is 0 Å². The highest BCUT2D eigenvalue weighted by atomic mass is 19.5. The zero-order valence-corrected chi connectivity index (χ0v) is 15.8. The van der Waals surface area contributed by atoms with Crippen LogP contribution >= 0.6 is 0 Å². The maximum Gasteiger partial charge on any atom is 0.673 e. The molecule has 0 fully saturated rings. The lowest BCUT2D eigenvalue weighted by Gasteiger charge is -1.94. The second-order valence-corrected chi connectivity index (χ2v) is 5.40. The van der Waals surface area contributed by atoms with E-state index in [4.69, 9.17) is 0 Å². The van der Waals surface area contributed by atoms with Gasteiger partial charge in [-0.25, -0.2) is 9.13 Å². The molecule has 28 heavy (non-hydrogen) atoms. The topological polar surface area (TPSA) is 39.3 Å². The van der Waals surface area contributed by atoms with Crippen LogP contribution in [0.5, 0.6) is 0 Å². The van der Waals surface area contributed by atoms with Crippen molar-refractivity contribution in [2.75, 3.05) is 0 Å². The van der Waals surface area contributed by atoms with Crippen LogP contribution in [0.4, 0.5) is 34.5 Å². The van der Waals surface area contributed by atoms with E-state index in [1.54, 1.807) is 0 Å². The Morgan fingerprint density at radius 1 is 0.643 bits per heavy atom. The van der Waals surface area contributed by atoms with Crippen molar-refractivity contribution in [1.82, 2.24) is 9.97 Å². The predicted molar refractivity (Wildman–Crippen MR) is 92.2 cm³/mol. The molecule has 0 spiro atoms. The van der Waals surface area contributed by atoms with Crippen molar-refractivity contribution >= 4 is 14.5 Å². The van der Waals surface area contributed by atoms with Gasteiger partial charge in [0.1, 0.15) is 24.8 Å². The van der Waals surface area contributed by atoms with E-state index >= 15 is 0 Å². The summed E-state index contributed by atoms with van der Waals surface area (Å²) in [6, 6.07) is 0. The van der Waals surface area contributed by atoms with E-state index in [-0.39, 0.29) is 0 Å². The first-order valence-electron chi connectivity index (χ1n) is 8.65. The quantitative estimate of drug-likeness (QED) is 0.380.